The van der Waals surface area contributed by atoms with Crippen molar-refractivity contribution in [1.29, 1.82) is 0 Å². The summed E-state index contributed by atoms with van der Waals surface area (Å²) in [5.74, 6) is -0.514. The molecular formula is C24H32O6. The maximum Gasteiger partial charge on any atom is 0.328 e. The molecule has 6 nitrogen and oxygen atoms in total. The van der Waals surface area contributed by atoms with Crippen molar-refractivity contribution in [1.82, 2.24) is 0 Å². The Morgan fingerprint density at radius 3 is 1.87 bits per heavy atom. The van der Waals surface area contributed by atoms with Gasteiger partial charge in [0.2, 0.25) is 0 Å². The Hall–Kier alpha value is -2.83. The van der Waals surface area contributed by atoms with Crippen LogP contribution in [-0.2, 0) is 23.1 Å². The molecule has 0 radical (unpaired) electrons. The molecule has 0 aliphatic rings. The number of phenols is 2. The van der Waals surface area contributed by atoms with Gasteiger partial charge in [-0.05, 0) is 67.1 Å². The number of carbonyl (C=O) groups is 1. The first kappa shape index (κ1) is 25.2. The van der Waals surface area contributed by atoms with E-state index in [0.29, 0.717) is 18.4 Å². The van der Waals surface area contributed by atoms with Crippen LogP contribution in [0.5, 0.6) is 11.5 Å². The Kier molecular flexibility index (Phi) is 9.56. The quantitative estimate of drug-likeness (QED) is 0.441. The summed E-state index contributed by atoms with van der Waals surface area (Å²) >= 11 is 0. The van der Waals surface area contributed by atoms with Crippen LogP contribution >= 0.6 is 0 Å². The lowest BCUT2D eigenvalue weighted by molar-refractivity contribution is -0.131. The highest BCUT2D eigenvalue weighted by Gasteiger charge is 2.27. The third-order valence-corrected chi connectivity index (χ3v) is 4.80. The van der Waals surface area contributed by atoms with Crippen LogP contribution in [-0.4, -0.2) is 44.7 Å². The van der Waals surface area contributed by atoms with Crippen molar-refractivity contribution >= 4 is 5.97 Å². The largest absolute Gasteiger partial charge is 0.508 e. The van der Waals surface area contributed by atoms with Crippen LogP contribution in [0.15, 0.2) is 48.0 Å². The van der Waals surface area contributed by atoms with Crippen LogP contribution in [0, 0.1) is 0 Å². The third kappa shape index (κ3) is 6.90. The normalized spacial score (nSPS) is 10.7. The second-order valence-electron chi connectivity index (χ2n) is 7.77. The Balaban J connectivity index is 0.000000553. The summed E-state index contributed by atoms with van der Waals surface area (Å²) in [6.07, 6.45) is 1.93. The highest BCUT2D eigenvalue weighted by Crippen LogP contribution is 2.38. The van der Waals surface area contributed by atoms with Gasteiger partial charge in [0, 0.05) is 24.7 Å². The zero-order chi connectivity index (χ0) is 22.9. The van der Waals surface area contributed by atoms with Gasteiger partial charge in [0.25, 0.3) is 0 Å². The molecule has 0 aromatic heterocycles. The van der Waals surface area contributed by atoms with E-state index in [1.807, 2.05) is 18.2 Å². The maximum absolute atomic E-state index is 10.1. The summed E-state index contributed by atoms with van der Waals surface area (Å²) in [6, 6.07) is 10.6. The number of rotatable bonds is 7. The number of hydrogen-bond donors (Lipinski definition) is 5. The molecule has 0 atom stereocenters. The van der Waals surface area contributed by atoms with Crippen molar-refractivity contribution in [2.24, 2.45) is 0 Å². The molecule has 0 unspecified atom stereocenters. The lowest BCUT2D eigenvalue weighted by Gasteiger charge is -2.30. The lowest BCUT2D eigenvalue weighted by atomic mass is 9.74. The second-order valence-corrected chi connectivity index (χ2v) is 7.77. The molecular weight excluding hydrogens is 384 g/mol. The second kappa shape index (κ2) is 11.4. The topological polar surface area (TPSA) is 118 Å². The van der Waals surface area contributed by atoms with E-state index < -0.39 is 5.97 Å². The number of phenolic OH excluding ortho intramolecular Hbond substituents is 2. The molecule has 0 spiro atoms. The van der Waals surface area contributed by atoms with Gasteiger partial charge in [-0.1, -0.05) is 37.6 Å². The summed E-state index contributed by atoms with van der Waals surface area (Å²) in [5, 5.41) is 46.3. The number of hydrogen-bond acceptors (Lipinski definition) is 5. The predicted molar refractivity (Wildman–Crippen MR) is 117 cm³/mol. The third-order valence-electron chi connectivity index (χ3n) is 4.80. The Morgan fingerprint density at radius 2 is 1.43 bits per heavy atom. The minimum Gasteiger partial charge on any atom is -0.508 e. The number of carboxylic acid groups (broad SMARTS) is 1. The first-order valence-corrected chi connectivity index (χ1v) is 9.77. The molecule has 2 aromatic carbocycles. The van der Waals surface area contributed by atoms with Crippen molar-refractivity contribution in [2.45, 2.75) is 46.0 Å². The molecule has 0 fully saturated rings. The lowest BCUT2D eigenvalue weighted by Crippen LogP contribution is -2.22. The van der Waals surface area contributed by atoms with Crippen molar-refractivity contribution in [2.75, 3.05) is 13.2 Å². The Morgan fingerprint density at radius 1 is 0.900 bits per heavy atom. The summed E-state index contributed by atoms with van der Waals surface area (Å²) in [4.78, 5) is 9.73. The standard InChI is InChI=1S/C19H24O4.C5H8O2/c1-19(2,13-3-5-14(22)6-4-13)17-7-8-18(23)16(10-12-21)15(17)9-11-20;1-4(2)3-5(6)7/h3-8,20-23H,9-12H2,1-2H3;3H,1-2H3,(H,6,7). The molecule has 30 heavy (non-hydrogen) atoms. The molecule has 0 aliphatic carbocycles. The van der Waals surface area contributed by atoms with Gasteiger partial charge >= 0.3 is 5.97 Å². The molecule has 0 saturated carbocycles. The SMILES string of the molecule is CC(C)(c1ccc(O)cc1)c1ccc(O)c(CCO)c1CCO.CC(C)=CC(=O)O. The first-order chi connectivity index (χ1) is 14.0. The van der Waals surface area contributed by atoms with E-state index in [1.54, 1.807) is 32.0 Å². The molecule has 2 aromatic rings. The van der Waals surface area contributed by atoms with Crippen molar-refractivity contribution in [3.05, 3.63) is 70.3 Å². The molecule has 0 bridgehead atoms. The van der Waals surface area contributed by atoms with Crippen molar-refractivity contribution < 1.29 is 30.3 Å². The molecule has 0 amide bonds. The molecule has 5 N–H and O–H groups in total. The number of aromatic hydroxyl groups is 2. The van der Waals surface area contributed by atoms with Gasteiger partial charge in [0.15, 0.2) is 0 Å². The molecule has 164 valence electrons. The Labute approximate surface area is 177 Å². The first-order valence-electron chi connectivity index (χ1n) is 9.77. The fourth-order valence-electron chi connectivity index (χ4n) is 3.33. The highest BCUT2D eigenvalue weighted by molar-refractivity contribution is 5.80. The number of allylic oxidation sites excluding steroid dienone is 1. The average Bonchev–Trinajstić information content (AvgIpc) is 2.64. The minimum absolute atomic E-state index is 0.0272. The highest BCUT2D eigenvalue weighted by atomic mass is 16.4. The van der Waals surface area contributed by atoms with Crippen LogP contribution < -0.4 is 0 Å². The maximum atomic E-state index is 10.1. The smallest absolute Gasteiger partial charge is 0.328 e. The zero-order valence-corrected chi connectivity index (χ0v) is 18.0. The number of aliphatic carboxylic acids is 1. The molecule has 0 saturated heterocycles. The number of aliphatic hydroxyl groups excluding tert-OH is 2. The number of aliphatic hydroxyl groups is 2. The van der Waals surface area contributed by atoms with Crippen molar-refractivity contribution in [3.63, 3.8) is 0 Å². The van der Waals surface area contributed by atoms with Crippen LogP contribution in [0.2, 0.25) is 0 Å². The average molecular weight is 417 g/mol. The number of benzene rings is 2. The molecule has 6 heteroatoms. The number of carboxylic acids is 1. The van der Waals surface area contributed by atoms with Crippen LogP contribution in [0.1, 0.15) is 49.9 Å². The fraction of sp³-hybridized carbons (Fsp3) is 0.375. The minimum atomic E-state index is -0.875. The van der Waals surface area contributed by atoms with E-state index in [9.17, 15) is 25.2 Å². The van der Waals surface area contributed by atoms with E-state index in [-0.39, 0.29) is 30.1 Å². The monoisotopic (exact) mass is 416 g/mol. The predicted octanol–water partition coefficient (Wildman–Crippen LogP) is 3.53. The Bertz CT molecular complexity index is 862. The van der Waals surface area contributed by atoms with Gasteiger partial charge in [-0.3, -0.25) is 0 Å². The van der Waals surface area contributed by atoms with E-state index in [4.69, 9.17) is 5.11 Å². The van der Waals surface area contributed by atoms with E-state index in [1.165, 1.54) is 6.08 Å². The fourth-order valence-corrected chi connectivity index (χ4v) is 3.33. The van der Waals surface area contributed by atoms with E-state index in [0.717, 1.165) is 22.3 Å². The van der Waals surface area contributed by atoms with Crippen molar-refractivity contribution in [3.8, 4) is 11.5 Å². The van der Waals surface area contributed by atoms with E-state index in [2.05, 4.69) is 13.8 Å². The summed E-state index contributed by atoms with van der Waals surface area (Å²) in [7, 11) is 0. The summed E-state index contributed by atoms with van der Waals surface area (Å²) in [6.45, 7) is 7.53. The zero-order valence-electron chi connectivity index (χ0n) is 18.0. The van der Waals surface area contributed by atoms with Gasteiger partial charge in [0.05, 0.1) is 0 Å². The molecule has 0 heterocycles. The van der Waals surface area contributed by atoms with Gasteiger partial charge < -0.3 is 25.5 Å². The van der Waals surface area contributed by atoms with Gasteiger partial charge in [0.1, 0.15) is 11.5 Å². The van der Waals surface area contributed by atoms with Gasteiger partial charge in [-0.15, -0.1) is 0 Å². The summed E-state index contributed by atoms with van der Waals surface area (Å²) in [5.41, 5.74) is 4.03. The summed E-state index contributed by atoms with van der Waals surface area (Å²) < 4.78 is 0. The van der Waals surface area contributed by atoms with E-state index >= 15 is 0 Å². The van der Waals surface area contributed by atoms with Gasteiger partial charge in [-0.2, -0.15) is 0 Å². The molecule has 2 rings (SSSR count). The van der Waals surface area contributed by atoms with Gasteiger partial charge in [-0.25, -0.2) is 4.79 Å². The van der Waals surface area contributed by atoms with Crippen LogP contribution in [0.3, 0.4) is 0 Å². The molecule has 0 aliphatic heterocycles. The van der Waals surface area contributed by atoms with Crippen LogP contribution in [0.25, 0.3) is 0 Å². The van der Waals surface area contributed by atoms with Crippen LogP contribution in [0.4, 0.5) is 0 Å².